The average molecular weight is 258 g/mol. The first-order chi connectivity index (χ1) is 9.06. The van der Waals surface area contributed by atoms with Gasteiger partial charge in [0.25, 0.3) is 0 Å². The first-order valence-electron chi connectivity index (χ1n) is 6.59. The Bertz CT molecular complexity index is 688. The van der Waals surface area contributed by atoms with Crippen LogP contribution in [0, 0.1) is 5.92 Å². The SMILES string of the molecule is CC(Nc1nc(=O)n(C)c2ccc(N)cc12)C1CC1. The lowest BCUT2D eigenvalue weighted by Crippen LogP contribution is -2.25. The molecule has 3 rings (SSSR count). The summed E-state index contributed by atoms with van der Waals surface area (Å²) in [5, 5.41) is 4.26. The molecule has 1 unspecified atom stereocenters. The average Bonchev–Trinajstić information content (AvgIpc) is 3.19. The number of nitrogens with zero attached hydrogens (tertiary/aromatic N) is 2. The van der Waals surface area contributed by atoms with Gasteiger partial charge in [-0.1, -0.05) is 0 Å². The quantitative estimate of drug-likeness (QED) is 0.822. The molecule has 3 N–H and O–H groups in total. The van der Waals surface area contributed by atoms with Crippen LogP contribution in [-0.4, -0.2) is 15.6 Å². The van der Waals surface area contributed by atoms with Crippen molar-refractivity contribution in [3.8, 4) is 0 Å². The van der Waals surface area contributed by atoms with Crippen LogP contribution >= 0.6 is 0 Å². The third kappa shape index (κ3) is 2.16. The summed E-state index contributed by atoms with van der Waals surface area (Å²) in [4.78, 5) is 16.0. The van der Waals surface area contributed by atoms with Gasteiger partial charge < -0.3 is 11.1 Å². The highest BCUT2D eigenvalue weighted by molar-refractivity contribution is 5.91. The zero-order valence-electron chi connectivity index (χ0n) is 11.2. The van der Waals surface area contributed by atoms with Crippen molar-refractivity contribution in [3.05, 3.63) is 28.7 Å². The van der Waals surface area contributed by atoms with Gasteiger partial charge in [0.2, 0.25) is 0 Å². The Morgan fingerprint density at radius 1 is 1.47 bits per heavy atom. The molecule has 0 aliphatic heterocycles. The largest absolute Gasteiger partial charge is 0.399 e. The fourth-order valence-electron chi connectivity index (χ4n) is 2.41. The molecule has 0 spiro atoms. The highest BCUT2D eigenvalue weighted by Crippen LogP contribution is 2.34. The lowest BCUT2D eigenvalue weighted by Gasteiger charge is -2.16. The Balaban J connectivity index is 2.13. The molecule has 5 nitrogen and oxygen atoms in total. The lowest BCUT2D eigenvalue weighted by atomic mass is 10.1. The maximum Gasteiger partial charge on any atom is 0.349 e. The van der Waals surface area contributed by atoms with Crippen LogP contribution in [0.2, 0.25) is 0 Å². The van der Waals surface area contributed by atoms with Gasteiger partial charge in [0, 0.05) is 24.2 Å². The van der Waals surface area contributed by atoms with Gasteiger partial charge in [0.1, 0.15) is 5.82 Å². The summed E-state index contributed by atoms with van der Waals surface area (Å²) in [6.07, 6.45) is 2.50. The first-order valence-corrected chi connectivity index (χ1v) is 6.59. The number of anilines is 2. The number of hydrogen-bond donors (Lipinski definition) is 2. The topological polar surface area (TPSA) is 72.9 Å². The second-order valence-electron chi connectivity index (χ2n) is 5.35. The number of nitrogens with two attached hydrogens (primary N) is 1. The van der Waals surface area contributed by atoms with Crippen molar-refractivity contribution in [1.29, 1.82) is 0 Å². The fourth-order valence-corrected chi connectivity index (χ4v) is 2.41. The van der Waals surface area contributed by atoms with Crippen molar-refractivity contribution in [2.75, 3.05) is 11.1 Å². The monoisotopic (exact) mass is 258 g/mol. The summed E-state index contributed by atoms with van der Waals surface area (Å²) < 4.78 is 1.54. The van der Waals surface area contributed by atoms with Crippen LogP contribution in [-0.2, 0) is 7.05 Å². The maximum absolute atomic E-state index is 11.9. The van der Waals surface area contributed by atoms with Gasteiger partial charge in [-0.2, -0.15) is 4.98 Å². The molecule has 0 bridgehead atoms. The summed E-state index contributed by atoms with van der Waals surface area (Å²) in [6, 6.07) is 5.87. The summed E-state index contributed by atoms with van der Waals surface area (Å²) in [7, 11) is 1.72. The first kappa shape index (κ1) is 12.0. The predicted octanol–water partition coefficient (Wildman–Crippen LogP) is 1.73. The number of benzene rings is 1. The van der Waals surface area contributed by atoms with Crippen LogP contribution in [0.1, 0.15) is 19.8 Å². The maximum atomic E-state index is 11.9. The van der Waals surface area contributed by atoms with E-state index in [1.807, 2.05) is 12.1 Å². The van der Waals surface area contributed by atoms with E-state index in [4.69, 9.17) is 5.73 Å². The zero-order valence-corrected chi connectivity index (χ0v) is 11.2. The van der Waals surface area contributed by atoms with E-state index in [2.05, 4.69) is 17.2 Å². The van der Waals surface area contributed by atoms with Crippen molar-refractivity contribution in [2.45, 2.75) is 25.8 Å². The van der Waals surface area contributed by atoms with Crippen molar-refractivity contribution in [3.63, 3.8) is 0 Å². The number of aromatic nitrogens is 2. The smallest absolute Gasteiger partial charge is 0.349 e. The third-order valence-corrected chi connectivity index (χ3v) is 3.82. The minimum Gasteiger partial charge on any atom is -0.399 e. The summed E-state index contributed by atoms with van der Waals surface area (Å²) >= 11 is 0. The van der Waals surface area contributed by atoms with E-state index in [9.17, 15) is 4.79 Å². The number of aryl methyl sites for hydroxylation is 1. The summed E-state index contributed by atoms with van der Waals surface area (Å²) in [6.45, 7) is 2.13. The molecule has 1 fully saturated rings. The molecule has 0 radical (unpaired) electrons. The van der Waals surface area contributed by atoms with Crippen LogP contribution in [0.15, 0.2) is 23.0 Å². The zero-order chi connectivity index (χ0) is 13.6. The molecule has 0 amide bonds. The number of fused-ring (bicyclic) bond motifs is 1. The van der Waals surface area contributed by atoms with Gasteiger partial charge in [0.05, 0.1) is 5.52 Å². The van der Waals surface area contributed by atoms with Gasteiger partial charge in [-0.25, -0.2) is 4.79 Å². The Kier molecular flexibility index (Phi) is 2.69. The number of hydrogen-bond acceptors (Lipinski definition) is 4. The molecule has 0 saturated heterocycles. The second kappa shape index (κ2) is 4.26. The Morgan fingerprint density at radius 3 is 2.89 bits per heavy atom. The second-order valence-corrected chi connectivity index (χ2v) is 5.35. The van der Waals surface area contributed by atoms with E-state index in [1.165, 1.54) is 12.8 Å². The Morgan fingerprint density at radius 2 is 2.21 bits per heavy atom. The van der Waals surface area contributed by atoms with E-state index in [-0.39, 0.29) is 5.69 Å². The van der Waals surface area contributed by atoms with E-state index >= 15 is 0 Å². The standard InChI is InChI=1S/C14H18N4O/c1-8(9-3-4-9)16-13-11-7-10(15)5-6-12(11)18(2)14(19)17-13/h5-9H,3-4,15H2,1-2H3,(H,16,17,19). The molecular formula is C14H18N4O. The number of nitrogen functional groups attached to an aromatic ring is 1. The minimum absolute atomic E-state index is 0.247. The van der Waals surface area contributed by atoms with Crippen molar-refractivity contribution in [1.82, 2.24) is 9.55 Å². The Hall–Kier alpha value is -2.04. The van der Waals surface area contributed by atoms with Crippen LogP contribution in [0.3, 0.4) is 0 Å². The van der Waals surface area contributed by atoms with Crippen LogP contribution in [0.25, 0.3) is 10.9 Å². The van der Waals surface area contributed by atoms with Crippen LogP contribution in [0.4, 0.5) is 11.5 Å². The van der Waals surface area contributed by atoms with Crippen molar-refractivity contribution in [2.24, 2.45) is 13.0 Å². The molecule has 1 aromatic heterocycles. The molecule has 1 aliphatic carbocycles. The van der Waals surface area contributed by atoms with Gasteiger partial charge in [-0.05, 0) is 43.9 Å². The van der Waals surface area contributed by atoms with E-state index in [0.29, 0.717) is 23.5 Å². The highest BCUT2D eigenvalue weighted by Gasteiger charge is 2.28. The van der Waals surface area contributed by atoms with Gasteiger partial charge in [-0.3, -0.25) is 4.57 Å². The highest BCUT2D eigenvalue weighted by atomic mass is 16.1. The lowest BCUT2D eigenvalue weighted by molar-refractivity contribution is 0.689. The molecular weight excluding hydrogens is 240 g/mol. The molecule has 1 atom stereocenters. The van der Waals surface area contributed by atoms with Gasteiger partial charge in [0.15, 0.2) is 0 Å². The molecule has 1 aromatic carbocycles. The van der Waals surface area contributed by atoms with E-state index in [1.54, 1.807) is 17.7 Å². The number of nitrogens with one attached hydrogen (secondary N) is 1. The summed E-state index contributed by atoms with van der Waals surface area (Å²) in [5.74, 6) is 1.34. The van der Waals surface area contributed by atoms with E-state index < -0.39 is 0 Å². The van der Waals surface area contributed by atoms with Crippen LogP contribution in [0.5, 0.6) is 0 Å². The Labute approximate surface area is 111 Å². The number of rotatable bonds is 3. The minimum atomic E-state index is -0.247. The normalized spacial score (nSPS) is 16.5. The molecule has 100 valence electrons. The van der Waals surface area contributed by atoms with E-state index in [0.717, 1.165) is 10.9 Å². The molecule has 1 heterocycles. The molecule has 5 heteroatoms. The molecule has 1 aliphatic rings. The predicted molar refractivity (Wildman–Crippen MR) is 77.2 cm³/mol. The van der Waals surface area contributed by atoms with Crippen LogP contribution < -0.4 is 16.7 Å². The summed E-state index contributed by atoms with van der Waals surface area (Å²) in [5.41, 5.74) is 7.12. The molecule has 1 saturated carbocycles. The van der Waals surface area contributed by atoms with Crippen molar-refractivity contribution >= 4 is 22.4 Å². The van der Waals surface area contributed by atoms with Crippen molar-refractivity contribution < 1.29 is 0 Å². The molecule has 19 heavy (non-hydrogen) atoms. The fraction of sp³-hybridized carbons (Fsp3) is 0.429. The third-order valence-electron chi connectivity index (χ3n) is 3.82. The van der Waals surface area contributed by atoms with Gasteiger partial charge >= 0.3 is 5.69 Å². The molecule has 2 aromatic rings. The van der Waals surface area contributed by atoms with Gasteiger partial charge in [-0.15, -0.1) is 0 Å².